The first kappa shape index (κ1) is 23.8. The number of amides is 1. The average molecular weight is 506 g/mol. The standard InChI is InChI=1S/C27H32FN7O2/c1-32(2)19-7-8-34(15-19)22-6-5-18(10-21(22)28)30-26-29-14-17-9-20(24(36)33(3)4)25(37)35(23(17)31-26)27-11-16(12-27)13-27/h5-6,9-10,14,16,19H,7-8,11-13,15H2,1-4H3,(H,29,30,31)/t16?,19-,27?/m1/s1. The summed E-state index contributed by atoms with van der Waals surface area (Å²) in [5.41, 5.74) is 1.16. The van der Waals surface area contributed by atoms with E-state index in [0.29, 0.717) is 34.4 Å². The van der Waals surface area contributed by atoms with Crippen LogP contribution in [0.3, 0.4) is 0 Å². The lowest BCUT2D eigenvalue weighted by Crippen LogP contribution is -2.62. The molecule has 4 aliphatic rings. The minimum absolute atomic E-state index is 0.127. The van der Waals surface area contributed by atoms with Gasteiger partial charge < -0.3 is 20.0 Å². The fourth-order valence-electron chi connectivity index (χ4n) is 6.05. The Labute approximate surface area is 214 Å². The molecular formula is C27H32FN7O2. The fraction of sp³-hybridized carbons (Fsp3) is 0.481. The Balaban J connectivity index is 1.32. The number of carbonyl (C=O) groups is 1. The SMILES string of the molecule is CN(C)C(=O)c1cc2cnc(Nc3ccc(N4CC[C@@H](N(C)C)C4)c(F)c3)nc2n(C23CC(C2)C3)c1=O. The number of fused-ring (bicyclic) bond motifs is 1. The first-order chi connectivity index (χ1) is 17.6. The number of nitrogens with zero attached hydrogens (tertiary/aromatic N) is 6. The van der Waals surface area contributed by atoms with E-state index in [1.807, 2.05) is 6.07 Å². The van der Waals surface area contributed by atoms with E-state index in [1.54, 1.807) is 37.0 Å². The zero-order chi connectivity index (χ0) is 26.1. The summed E-state index contributed by atoms with van der Waals surface area (Å²) in [4.78, 5) is 41.0. The van der Waals surface area contributed by atoms with Crippen molar-refractivity contribution in [1.29, 1.82) is 0 Å². The van der Waals surface area contributed by atoms with Crippen LogP contribution >= 0.6 is 0 Å². The molecule has 0 radical (unpaired) electrons. The topological polar surface area (TPSA) is 86.6 Å². The lowest BCUT2D eigenvalue weighted by molar-refractivity contribution is -0.0884. The van der Waals surface area contributed by atoms with Crippen molar-refractivity contribution in [1.82, 2.24) is 24.3 Å². The lowest BCUT2D eigenvalue weighted by atomic mass is 9.49. The van der Waals surface area contributed by atoms with Crippen molar-refractivity contribution in [2.45, 2.75) is 37.3 Å². The molecule has 37 heavy (non-hydrogen) atoms. The van der Waals surface area contributed by atoms with Crippen molar-refractivity contribution in [3.8, 4) is 0 Å². The van der Waals surface area contributed by atoms with Crippen molar-refractivity contribution >= 4 is 34.3 Å². The van der Waals surface area contributed by atoms with Gasteiger partial charge >= 0.3 is 0 Å². The third kappa shape index (κ3) is 3.85. The highest BCUT2D eigenvalue weighted by Gasteiger charge is 2.59. The Morgan fingerprint density at radius 2 is 1.92 bits per heavy atom. The van der Waals surface area contributed by atoms with E-state index in [1.165, 1.54) is 11.0 Å². The number of likely N-dealkylation sites (N-methyl/N-ethyl adjacent to an activating group) is 1. The van der Waals surface area contributed by atoms with Crippen LogP contribution in [0.25, 0.3) is 11.0 Å². The van der Waals surface area contributed by atoms with Gasteiger partial charge in [-0.15, -0.1) is 0 Å². The quantitative estimate of drug-likeness (QED) is 0.551. The maximum absolute atomic E-state index is 15.1. The monoisotopic (exact) mass is 505 g/mol. The third-order valence-electron chi connectivity index (χ3n) is 8.30. The smallest absolute Gasteiger partial charge is 0.265 e. The molecule has 9 nitrogen and oxygen atoms in total. The normalized spacial score (nSPS) is 24.2. The molecule has 2 bridgehead atoms. The van der Waals surface area contributed by atoms with Gasteiger partial charge in [0.15, 0.2) is 0 Å². The largest absolute Gasteiger partial charge is 0.368 e. The van der Waals surface area contributed by atoms with E-state index in [-0.39, 0.29) is 34.3 Å². The van der Waals surface area contributed by atoms with Gasteiger partial charge in [0.25, 0.3) is 11.5 Å². The van der Waals surface area contributed by atoms with E-state index in [9.17, 15) is 9.59 Å². The summed E-state index contributed by atoms with van der Waals surface area (Å²) in [6.45, 7) is 1.61. The van der Waals surface area contributed by atoms with Crippen LogP contribution in [0, 0.1) is 11.7 Å². The van der Waals surface area contributed by atoms with Crippen molar-refractivity contribution in [2.75, 3.05) is 51.5 Å². The summed E-state index contributed by atoms with van der Waals surface area (Å²) in [5.74, 6) is 0.280. The number of nitrogens with one attached hydrogen (secondary N) is 1. The van der Waals surface area contributed by atoms with Crippen LogP contribution in [0.15, 0.2) is 35.3 Å². The number of carbonyl (C=O) groups excluding carboxylic acids is 1. The first-order valence-corrected chi connectivity index (χ1v) is 12.8. The molecule has 194 valence electrons. The van der Waals surface area contributed by atoms with Crippen LogP contribution in [0.4, 0.5) is 21.7 Å². The molecule has 4 fully saturated rings. The summed E-state index contributed by atoms with van der Waals surface area (Å²) in [6, 6.07) is 7.06. The second-order valence-electron chi connectivity index (χ2n) is 11.2. The summed E-state index contributed by atoms with van der Waals surface area (Å²) in [6.07, 6.45) is 5.39. The number of hydrogen-bond acceptors (Lipinski definition) is 7. The van der Waals surface area contributed by atoms with Gasteiger partial charge in [0.2, 0.25) is 5.95 Å². The van der Waals surface area contributed by atoms with E-state index in [4.69, 9.17) is 0 Å². The Bertz CT molecular complexity index is 1450. The molecule has 1 atom stereocenters. The van der Waals surface area contributed by atoms with E-state index >= 15 is 4.39 Å². The zero-order valence-corrected chi connectivity index (χ0v) is 21.7. The van der Waals surface area contributed by atoms with Crippen molar-refractivity contribution in [2.24, 2.45) is 5.92 Å². The predicted octanol–water partition coefficient (Wildman–Crippen LogP) is 3.03. The second kappa shape index (κ2) is 8.51. The van der Waals surface area contributed by atoms with Gasteiger partial charge in [0.1, 0.15) is 17.0 Å². The molecule has 1 saturated heterocycles. The highest BCUT2D eigenvalue weighted by atomic mass is 19.1. The minimum atomic E-state index is -0.333. The van der Waals surface area contributed by atoms with Crippen LogP contribution in [-0.2, 0) is 5.54 Å². The van der Waals surface area contributed by atoms with Gasteiger partial charge in [0, 0.05) is 50.5 Å². The zero-order valence-electron chi connectivity index (χ0n) is 21.7. The molecule has 3 saturated carbocycles. The number of hydrogen-bond donors (Lipinski definition) is 1. The molecule has 1 aliphatic heterocycles. The molecule has 0 spiro atoms. The number of halogens is 1. The van der Waals surface area contributed by atoms with Gasteiger partial charge in [-0.2, -0.15) is 4.98 Å². The molecule has 3 aliphatic carbocycles. The van der Waals surface area contributed by atoms with Crippen LogP contribution in [0.1, 0.15) is 36.0 Å². The first-order valence-electron chi connectivity index (χ1n) is 12.8. The molecule has 0 unspecified atom stereocenters. The highest BCUT2D eigenvalue weighted by molar-refractivity contribution is 5.96. The molecule has 3 heterocycles. The summed E-state index contributed by atoms with van der Waals surface area (Å²) >= 11 is 0. The molecule has 1 N–H and O–H groups in total. The highest BCUT2D eigenvalue weighted by Crippen LogP contribution is 2.62. The van der Waals surface area contributed by atoms with Gasteiger partial charge in [-0.25, -0.2) is 9.37 Å². The minimum Gasteiger partial charge on any atom is -0.368 e. The Morgan fingerprint density at radius 3 is 2.51 bits per heavy atom. The molecule has 1 amide bonds. The Kier molecular flexibility index (Phi) is 5.48. The van der Waals surface area contributed by atoms with E-state index in [2.05, 4.69) is 39.2 Å². The number of pyridine rings is 1. The second-order valence-corrected chi connectivity index (χ2v) is 11.2. The van der Waals surface area contributed by atoms with Gasteiger partial charge in [-0.1, -0.05) is 0 Å². The van der Waals surface area contributed by atoms with Crippen molar-refractivity contribution in [3.05, 3.63) is 52.2 Å². The number of aromatic nitrogens is 3. The average Bonchev–Trinajstić information content (AvgIpc) is 3.29. The van der Waals surface area contributed by atoms with Crippen molar-refractivity contribution in [3.63, 3.8) is 0 Å². The van der Waals surface area contributed by atoms with E-state index in [0.717, 1.165) is 38.8 Å². The van der Waals surface area contributed by atoms with Crippen LogP contribution < -0.4 is 15.8 Å². The van der Waals surface area contributed by atoms with Gasteiger partial charge in [0.05, 0.1) is 11.2 Å². The third-order valence-corrected chi connectivity index (χ3v) is 8.30. The summed E-state index contributed by atoms with van der Waals surface area (Å²) in [5, 5.41) is 3.74. The molecule has 1 aromatic carbocycles. The maximum atomic E-state index is 15.1. The number of rotatable bonds is 6. The maximum Gasteiger partial charge on any atom is 0.265 e. The Hall–Kier alpha value is -3.53. The van der Waals surface area contributed by atoms with E-state index < -0.39 is 0 Å². The van der Waals surface area contributed by atoms with Crippen LogP contribution in [0.2, 0.25) is 0 Å². The molecule has 3 aromatic rings. The Morgan fingerprint density at radius 1 is 1.16 bits per heavy atom. The molecule has 10 heteroatoms. The number of anilines is 3. The number of benzene rings is 1. The summed E-state index contributed by atoms with van der Waals surface area (Å²) < 4.78 is 16.8. The molecular weight excluding hydrogens is 473 g/mol. The predicted molar refractivity (Wildman–Crippen MR) is 141 cm³/mol. The van der Waals surface area contributed by atoms with Gasteiger partial charge in [-0.3, -0.25) is 14.2 Å². The molecule has 2 aromatic heterocycles. The summed E-state index contributed by atoms with van der Waals surface area (Å²) in [7, 11) is 7.37. The fourth-order valence-corrected chi connectivity index (χ4v) is 6.05. The molecule has 7 rings (SSSR count). The van der Waals surface area contributed by atoms with Gasteiger partial charge in [-0.05, 0) is 70.0 Å². The van der Waals surface area contributed by atoms with Crippen LogP contribution in [0.5, 0.6) is 0 Å². The van der Waals surface area contributed by atoms with Crippen molar-refractivity contribution < 1.29 is 9.18 Å². The van der Waals surface area contributed by atoms with Crippen LogP contribution in [-0.4, -0.2) is 77.6 Å². The lowest BCUT2D eigenvalue weighted by Gasteiger charge is -2.62.